The van der Waals surface area contributed by atoms with E-state index in [0.29, 0.717) is 32.1 Å². The van der Waals surface area contributed by atoms with Crippen LogP contribution in [0.3, 0.4) is 0 Å². The van der Waals surface area contributed by atoms with Crippen LogP contribution in [0.25, 0.3) is 0 Å². The number of carbonyl (C=O) groups is 4. The van der Waals surface area contributed by atoms with Gasteiger partial charge in [0.1, 0.15) is 19.3 Å². The van der Waals surface area contributed by atoms with E-state index in [1.54, 1.807) is 6.08 Å². The molecule has 17 nitrogen and oxygen atoms in total. The first kappa shape index (κ1) is 97.9. The number of hydrogen-bond acceptors (Lipinski definition) is 15. The zero-order chi connectivity index (χ0) is 76.0. The van der Waals surface area contributed by atoms with E-state index in [1.807, 2.05) is 30.4 Å². The molecular formula is C85H134O17P2. The van der Waals surface area contributed by atoms with Gasteiger partial charge in [-0.2, -0.15) is 0 Å². The molecule has 586 valence electrons. The Bertz CT molecular complexity index is 2740. The van der Waals surface area contributed by atoms with Gasteiger partial charge in [0.2, 0.25) is 0 Å². The Morgan fingerprint density at radius 1 is 0.288 bits per heavy atom. The van der Waals surface area contributed by atoms with E-state index in [-0.39, 0.29) is 25.7 Å². The highest BCUT2D eigenvalue weighted by molar-refractivity contribution is 7.47. The lowest BCUT2D eigenvalue weighted by atomic mass is 10.1. The molecule has 104 heavy (non-hydrogen) atoms. The van der Waals surface area contributed by atoms with Crippen LogP contribution in [0, 0.1) is 0 Å². The summed E-state index contributed by atoms with van der Waals surface area (Å²) in [5.74, 6) is -2.45. The Balaban J connectivity index is 5.51. The van der Waals surface area contributed by atoms with Gasteiger partial charge in [0, 0.05) is 19.3 Å². The van der Waals surface area contributed by atoms with Crippen molar-refractivity contribution in [2.45, 2.75) is 277 Å². The first-order valence-corrected chi connectivity index (χ1v) is 41.7. The van der Waals surface area contributed by atoms with E-state index in [1.165, 1.54) is 0 Å². The Kier molecular flexibility index (Phi) is 70.7. The summed E-state index contributed by atoms with van der Waals surface area (Å²) in [6.45, 7) is 4.21. The van der Waals surface area contributed by atoms with Crippen LogP contribution in [-0.2, 0) is 65.4 Å². The van der Waals surface area contributed by atoms with Gasteiger partial charge in [-0.3, -0.25) is 37.3 Å². The van der Waals surface area contributed by atoms with Crippen molar-refractivity contribution in [2.75, 3.05) is 39.6 Å². The normalized spacial score (nSPS) is 15.0. The summed E-state index contributed by atoms with van der Waals surface area (Å²) >= 11 is 0. The summed E-state index contributed by atoms with van der Waals surface area (Å²) in [7, 11) is -10.0. The third-order valence-corrected chi connectivity index (χ3v) is 17.0. The highest BCUT2D eigenvalue weighted by Crippen LogP contribution is 2.45. The predicted octanol–water partition coefficient (Wildman–Crippen LogP) is 22.5. The van der Waals surface area contributed by atoms with Crippen LogP contribution in [-0.4, -0.2) is 96.7 Å². The number of phosphoric acid groups is 2. The summed E-state index contributed by atoms with van der Waals surface area (Å²) in [5.41, 5.74) is 0. The Morgan fingerprint density at radius 2 is 0.548 bits per heavy atom. The van der Waals surface area contributed by atoms with E-state index in [4.69, 9.17) is 37.0 Å². The molecule has 3 N–H and O–H groups in total. The van der Waals surface area contributed by atoms with Gasteiger partial charge in [-0.25, -0.2) is 9.13 Å². The lowest BCUT2D eigenvalue weighted by Gasteiger charge is -2.21. The SMILES string of the molecule is CC/C=C\C/C=C\C/C=C\C/C=C\C/C=C\CCCC(=O)OC(COC(=O)CCCCCCCC/C=C\C/C=C\C/C=C\C/C=C\CC)COP(=O)(O)OCC(O)COP(=O)(O)OCC(COC(=O)C/C=C\C/C=C\C/C=C\C/C=C\C/C=C\CC)OC(=O)CCCCCCC/C=C\C/C=C\CCC. The fourth-order valence-corrected chi connectivity index (χ4v) is 10.9. The molecule has 0 rings (SSSR count). The van der Waals surface area contributed by atoms with E-state index < -0.39 is 97.5 Å². The molecule has 5 unspecified atom stereocenters. The monoisotopic (exact) mass is 1490 g/mol. The first-order valence-electron chi connectivity index (χ1n) is 38.7. The lowest BCUT2D eigenvalue weighted by Crippen LogP contribution is -2.30. The largest absolute Gasteiger partial charge is 0.472 e. The van der Waals surface area contributed by atoms with Gasteiger partial charge in [0.05, 0.1) is 32.8 Å². The minimum atomic E-state index is -5.01. The molecule has 0 spiro atoms. The summed E-state index contributed by atoms with van der Waals surface area (Å²) in [5, 5.41) is 10.6. The maximum absolute atomic E-state index is 13.1. The number of aliphatic hydroxyl groups excluding tert-OH is 1. The van der Waals surface area contributed by atoms with Crippen molar-refractivity contribution in [3.63, 3.8) is 0 Å². The first-order chi connectivity index (χ1) is 50.7. The summed E-state index contributed by atoms with van der Waals surface area (Å²) in [6, 6.07) is 0. The maximum atomic E-state index is 13.1. The molecular weight excluding hydrogens is 1350 g/mol. The Labute approximate surface area is 627 Å². The minimum absolute atomic E-state index is 0.00271. The zero-order valence-corrected chi connectivity index (χ0v) is 65.6. The molecule has 0 radical (unpaired) electrons. The average Bonchev–Trinajstić information content (AvgIpc) is 0.917. The molecule has 5 atom stereocenters. The molecule has 0 bridgehead atoms. The number of ether oxygens (including phenoxy) is 4. The van der Waals surface area contributed by atoms with Crippen LogP contribution in [0.4, 0.5) is 0 Å². The topological polar surface area (TPSA) is 237 Å². The molecule has 0 heterocycles. The van der Waals surface area contributed by atoms with Crippen molar-refractivity contribution in [1.82, 2.24) is 0 Å². The fourth-order valence-electron chi connectivity index (χ4n) is 9.30. The smallest absolute Gasteiger partial charge is 0.462 e. The predicted molar refractivity (Wildman–Crippen MR) is 426 cm³/mol. The average molecular weight is 1490 g/mol. The number of unbranched alkanes of at least 4 members (excludes halogenated alkanes) is 13. The van der Waals surface area contributed by atoms with Crippen LogP contribution in [0.15, 0.2) is 194 Å². The summed E-state index contributed by atoms with van der Waals surface area (Å²) < 4.78 is 68.3. The second-order valence-electron chi connectivity index (χ2n) is 24.8. The van der Waals surface area contributed by atoms with E-state index in [0.717, 1.165) is 173 Å². The van der Waals surface area contributed by atoms with Gasteiger partial charge in [0.15, 0.2) is 12.2 Å². The van der Waals surface area contributed by atoms with Crippen molar-refractivity contribution in [3.8, 4) is 0 Å². The van der Waals surface area contributed by atoms with Crippen LogP contribution in [0.5, 0.6) is 0 Å². The van der Waals surface area contributed by atoms with Crippen molar-refractivity contribution >= 4 is 39.5 Å². The van der Waals surface area contributed by atoms with E-state index in [2.05, 4.69) is 186 Å². The number of carbonyl (C=O) groups excluding carboxylic acids is 4. The fraction of sp³-hybridized carbons (Fsp3) is 0.576. The van der Waals surface area contributed by atoms with Gasteiger partial charge < -0.3 is 33.8 Å². The third-order valence-electron chi connectivity index (χ3n) is 15.0. The molecule has 0 aromatic carbocycles. The molecule has 0 aliphatic heterocycles. The van der Waals surface area contributed by atoms with Crippen molar-refractivity contribution in [3.05, 3.63) is 194 Å². The molecule has 0 aromatic heterocycles. The van der Waals surface area contributed by atoms with Gasteiger partial charge in [-0.1, -0.05) is 273 Å². The maximum Gasteiger partial charge on any atom is 0.472 e. The molecule has 0 aliphatic rings. The molecule has 0 saturated heterocycles. The molecule has 0 aromatic rings. The highest BCUT2D eigenvalue weighted by atomic mass is 31.2. The number of rotatable bonds is 70. The summed E-state index contributed by atoms with van der Waals surface area (Å²) in [6.07, 6.45) is 91.7. The Morgan fingerprint density at radius 3 is 0.894 bits per heavy atom. The van der Waals surface area contributed by atoms with Gasteiger partial charge in [-0.15, -0.1) is 0 Å². The number of aliphatic hydroxyl groups is 1. The van der Waals surface area contributed by atoms with Crippen LogP contribution >= 0.6 is 15.6 Å². The number of hydrogen-bond donors (Lipinski definition) is 3. The quantitative estimate of drug-likeness (QED) is 0.0169. The molecule has 0 amide bonds. The molecule has 0 saturated carbocycles. The minimum Gasteiger partial charge on any atom is -0.462 e. The molecule has 0 fully saturated rings. The van der Waals surface area contributed by atoms with Crippen molar-refractivity contribution < 1.29 is 80.2 Å². The lowest BCUT2D eigenvalue weighted by molar-refractivity contribution is -0.161. The highest BCUT2D eigenvalue weighted by Gasteiger charge is 2.30. The second-order valence-corrected chi connectivity index (χ2v) is 27.7. The molecule has 0 aliphatic carbocycles. The second kappa shape index (κ2) is 75.1. The zero-order valence-electron chi connectivity index (χ0n) is 63.9. The van der Waals surface area contributed by atoms with Crippen molar-refractivity contribution in [1.29, 1.82) is 0 Å². The van der Waals surface area contributed by atoms with E-state index in [9.17, 15) is 43.2 Å². The third kappa shape index (κ3) is 74.2. The number of allylic oxidation sites excluding steroid dienone is 31. The van der Waals surface area contributed by atoms with Crippen molar-refractivity contribution in [2.24, 2.45) is 0 Å². The number of esters is 4. The molecule has 19 heteroatoms. The van der Waals surface area contributed by atoms with E-state index >= 15 is 0 Å². The Hall–Kier alpha value is -6.10. The van der Waals surface area contributed by atoms with Crippen LogP contribution < -0.4 is 0 Å². The number of phosphoric ester groups is 2. The standard InChI is InChI=1S/C85H134O17P2/c1-5-9-13-17-21-25-29-33-36-38-39-41-43-47-50-54-58-62-66-70-83(88)96-76-81(102-85(90)72-68-64-60-56-52-48-44-40-37-34-30-26-22-18-14-10-6-2)78-100-104(93,94)98-74-79(86)73-97-103(91,92)99-77-80(101-84(89)71-67-63-59-55-51-45-32-28-24-20-16-12-8-4)75-95-82(87)69-65-61-57-53-49-46-42-35-31-27-23-19-15-11-7-3/h9-11,13-16,20-23,25-28,32-37,39,41-42,44,48-49,53,56,60-61,65,79-81,86H,5-8,12,17-19,24,29-31,38,40,43,45-47,50-52,54-55,57-59,62-64,66-78H2,1-4H3,(H,91,92)(H,93,94)/b13-9-,14-10-,15-11-,20-16-,25-21-,26-22-,27-23-,32-28-,36-33-,37-34-,41-39-,42-35-,48-44-,53-49-,60-56-,65-61-. The van der Waals surface area contributed by atoms with Crippen LogP contribution in [0.1, 0.15) is 259 Å². The van der Waals surface area contributed by atoms with Gasteiger partial charge in [-0.05, 0) is 154 Å². The van der Waals surface area contributed by atoms with Gasteiger partial charge in [0.25, 0.3) is 0 Å². The van der Waals surface area contributed by atoms with Gasteiger partial charge >= 0.3 is 39.5 Å². The summed E-state index contributed by atoms with van der Waals surface area (Å²) in [4.78, 5) is 72.9. The van der Waals surface area contributed by atoms with Crippen LogP contribution in [0.2, 0.25) is 0 Å².